The molecule has 0 nitrogen and oxygen atoms in total. The molecule has 0 N–H and O–H groups in total. The fraction of sp³-hybridized carbons (Fsp3) is 0.250. The third-order valence-corrected chi connectivity index (χ3v) is 3.56. The van der Waals surface area contributed by atoms with Crippen molar-refractivity contribution in [3.8, 4) is 11.1 Å². The number of fused-ring (bicyclic) bond motifs is 3. The largest absolute Gasteiger partial charge is 0.204 e. The summed E-state index contributed by atoms with van der Waals surface area (Å²) in [4.78, 5) is 0. The minimum Gasteiger partial charge on any atom is -0.204 e. The second-order valence-electron chi connectivity index (χ2n) is 4.81. The normalized spacial score (nSPS) is 12.4. The van der Waals surface area contributed by atoms with Crippen LogP contribution in [0.25, 0.3) is 11.1 Å². The van der Waals surface area contributed by atoms with Crippen molar-refractivity contribution in [1.82, 2.24) is 0 Å². The van der Waals surface area contributed by atoms with E-state index >= 15 is 0 Å². The Bertz CT molecular complexity index is 615. The summed E-state index contributed by atoms with van der Waals surface area (Å²) in [5, 5.41) is 0. The van der Waals surface area contributed by atoms with Crippen LogP contribution >= 0.6 is 0 Å². The Hall–Kier alpha value is -1.70. The highest BCUT2D eigenvalue weighted by molar-refractivity contribution is 5.77. The summed E-state index contributed by atoms with van der Waals surface area (Å²) in [6.07, 6.45) is 2.63. The van der Waals surface area contributed by atoms with E-state index in [0.717, 1.165) is 29.5 Å². The molecular weight excluding hydrogens is 230 g/mol. The van der Waals surface area contributed by atoms with Gasteiger partial charge in [-0.05, 0) is 34.7 Å². The Kier molecular flexibility index (Phi) is 2.66. The molecule has 2 aromatic carbocycles. The summed E-state index contributed by atoms with van der Waals surface area (Å²) in [5.41, 5.74) is 4.76. The maximum absolute atomic E-state index is 13.7. The number of hydrogen-bond donors (Lipinski definition) is 0. The smallest absolute Gasteiger partial charge is 0.162 e. The van der Waals surface area contributed by atoms with Gasteiger partial charge in [0.15, 0.2) is 11.6 Å². The highest BCUT2D eigenvalue weighted by atomic mass is 19.2. The van der Waals surface area contributed by atoms with Crippen LogP contribution in [0.15, 0.2) is 30.3 Å². The van der Waals surface area contributed by atoms with Gasteiger partial charge < -0.3 is 0 Å². The molecule has 0 saturated heterocycles. The average molecular weight is 244 g/mol. The lowest BCUT2D eigenvalue weighted by atomic mass is 10.0. The maximum Gasteiger partial charge on any atom is 0.162 e. The van der Waals surface area contributed by atoms with E-state index in [4.69, 9.17) is 0 Å². The van der Waals surface area contributed by atoms with Gasteiger partial charge in [0, 0.05) is 12.0 Å². The Morgan fingerprint density at radius 2 is 1.83 bits per heavy atom. The molecule has 1 aliphatic carbocycles. The predicted molar refractivity (Wildman–Crippen MR) is 68.6 cm³/mol. The topological polar surface area (TPSA) is 0 Å². The number of benzene rings is 2. The number of rotatable bonds is 2. The van der Waals surface area contributed by atoms with Crippen LogP contribution in [0.5, 0.6) is 0 Å². The van der Waals surface area contributed by atoms with Crippen LogP contribution in [0, 0.1) is 11.6 Å². The van der Waals surface area contributed by atoms with Gasteiger partial charge in [-0.1, -0.05) is 37.6 Å². The molecule has 0 saturated carbocycles. The molecule has 0 spiro atoms. The Balaban J connectivity index is 2.10. The summed E-state index contributed by atoms with van der Waals surface area (Å²) in [6.45, 7) is 2.14. The average Bonchev–Trinajstić information content (AvgIpc) is 2.73. The van der Waals surface area contributed by atoms with E-state index in [-0.39, 0.29) is 0 Å². The maximum atomic E-state index is 13.7. The van der Waals surface area contributed by atoms with Crippen molar-refractivity contribution in [2.45, 2.75) is 26.2 Å². The van der Waals surface area contributed by atoms with Gasteiger partial charge in [0.1, 0.15) is 0 Å². The quantitative estimate of drug-likeness (QED) is 0.623. The second kappa shape index (κ2) is 4.20. The zero-order chi connectivity index (χ0) is 12.7. The molecule has 0 heterocycles. The molecule has 0 aromatic heterocycles. The zero-order valence-electron chi connectivity index (χ0n) is 10.3. The van der Waals surface area contributed by atoms with Gasteiger partial charge in [-0.25, -0.2) is 8.78 Å². The summed E-state index contributed by atoms with van der Waals surface area (Å²) in [5.74, 6) is -1.45. The molecule has 0 unspecified atom stereocenters. The molecule has 0 fully saturated rings. The first kappa shape index (κ1) is 11.4. The first-order valence-corrected chi connectivity index (χ1v) is 6.29. The monoisotopic (exact) mass is 244 g/mol. The molecule has 0 atom stereocenters. The predicted octanol–water partition coefficient (Wildman–Crippen LogP) is 4.49. The molecule has 2 heteroatoms. The fourth-order valence-corrected chi connectivity index (χ4v) is 2.71. The molecule has 3 rings (SSSR count). The number of halogens is 2. The van der Waals surface area contributed by atoms with E-state index in [1.54, 1.807) is 6.07 Å². The SMILES string of the molecule is CCCc1ccc2c(c1)Cc1c-2ccc(F)c1F. The van der Waals surface area contributed by atoms with Gasteiger partial charge in [-0.15, -0.1) is 0 Å². The third-order valence-electron chi connectivity index (χ3n) is 3.56. The molecule has 1 aliphatic rings. The molecule has 2 aromatic rings. The summed E-state index contributed by atoms with van der Waals surface area (Å²) in [6, 6.07) is 9.13. The van der Waals surface area contributed by atoms with Gasteiger partial charge in [-0.3, -0.25) is 0 Å². The lowest BCUT2D eigenvalue weighted by Crippen LogP contribution is -1.92. The summed E-state index contributed by atoms with van der Waals surface area (Å²) in [7, 11) is 0. The van der Waals surface area contributed by atoms with Gasteiger partial charge >= 0.3 is 0 Å². The summed E-state index contributed by atoms with van der Waals surface area (Å²) >= 11 is 0. The van der Waals surface area contributed by atoms with Crippen molar-refractivity contribution in [3.63, 3.8) is 0 Å². The van der Waals surface area contributed by atoms with Crippen LogP contribution in [-0.2, 0) is 12.8 Å². The van der Waals surface area contributed by atoms with Crippen molar-refractivity contribution in [3.05, 3.63) is 58.7 Å². The third kappa shape index (κ3) is 1.64. The van der Waals surface area contributed by atoms with Gasteiger partial charge in [0.2, 0.25) is 0 Å². The highest BCUT2D eigenvalue weighted by Crippen LogP contribution is 2.38. The minimum atomic E-state index is -0.754. The first-order chi connectivity index (χ1) is 8.70. The first-order valence-electron chi connectivity index (χ1n) is 6.29. The summed E-state index contributed by atoms with van der Waals surface area (Å²) < 4.78 is 27.0. The van der Waals surface area contributed by atoms with Gasteiger partial charge in [0.05, 0.1) is 0 Å². The standard InChI is InChI=1S/C16H14F2/c1-2-3-10-4-5-12-11(8-10)9-14-13(12)6-7-15(17)16(14)18/h4-8H,2-3,9H2,1H3. The van der Waals surface area contributed by atoms with Crippen LogP contribution in [0.2, 0.25) is 0 Å². The molecule has 0 amide bonds. The Morgan fingerprint density at radius 1 is 1.06 bits per heavy atom. The second-order valence-corrected chi connectivity index (χ2v) is 4.81. The van der Waals surface area contributed by atoms with Crippen molar-refractivity contribution >= 4 is 0 Å². The van der Waals surface area contributed by atoms with E-state index in [1.165, 1.54) is 11.6 Å². The Morgan fingerprint density at radius 3 is 2.61 bits per heavy atom. The van der Waals surface area contributed by atoms with E-state index in [9.17, 15) is 8.78 Å². The van der Waals surface area contributed by atoms with Crippen molar-refractivity contribution < 1.29 is 8.78 Å². The molecule has 0 radical (unpaired) electrons. The van der Waals surface area contributed by atoms with Crippen LogP contribution in [0.4, 0.5) is 8.78 Å². The molecule has 18 heavy (non-hydrogen) atoms. The van der Waals surface area contributed by atoms with Crippen molar-refractivity contribution in [1.29, 1.82) is 0 Å². The Labute approximate surface area is 105 Å². The lowest BCUT2D eigenvalue weighted by molar-refractivity contribution is 0.502. The molecule has 92 valence electrons. The van der Waals surface area contributed by atoms with E-state index < -0.39 is 11.6 Å². The number of aryl methyl sites for hydroxylation is 1. The van der Waals surface area contributed by atoms with Crippen molar-refractivity contribution in [2.24, 2.45) is 0 Å². The van der Waals surface area contributed by atoms with E-state index in [2.05, 4.69) is 19.1 Å². The van der Waals surface area contributed by atoms with E-state index in [0.29, 0.717) is 12.0 Å². The lowest BCUT2D eigenvalue weighted by Gasteiger charge is -2.04. The van der Waals surface area contributed by atoms with Gasteiger partial charge in [0.25, 0.3) is 0 Å². The van der Waals surface area contributed by atoms with Crippen LogP contribution in [0.1, 0.15) is 30.0 Å². The molecular formula is C16H14F2. The van der Waals surface area contributed by atoms with E-state index in [1.807, 2.05) is 6.07 Å². The zero-order valence-corrected chi connectivity index (χ0v) is 10.3. The molecule has 0 aliphatic heterocycles. The minimum absolute atomic E-state index is 0.499. The van der Waals surface area contributed by atoms with Crippen LogP contribution < -0.4 is 0 Å². The highest BCUT2D eigenvalue weighted by Gasteiger charge is 2.23. The van der Waals surface area contributed by atoms with Crippen LogP contribution in [-0.4, -0.2) is 0 Å². The van der Waals surface area contributed by atoms with Crippen LogP contribution in [0.3, 0.4) is 0 Å². The molecule has 0 bridgehead atoms. The van der Waals surface area contributed by atoms with Crippen molar-refractivity contribution in [2.75, 3.05) is 0 Å². The fourth-order valence-electron chi connectivity index (χ4n) is 2.71. The number of hydrogen-bond acceptors (Lipinski definition) is 0. The van der Waals surface area contributed by atoms with Gasteiger partial charge in [-0.2, -0.15) is 0 Å².